The van der Waals surface area contributed by atoms with Crippen molar-refractivity contribution in [1.29, 1.82) is 0 Å². The molecule has 2 aromatic rings. The van der Waals surface area contributed by atoms with Crippen molar-refractivity contribution < 1.29 is 4.79 Å². The minimum atomic E-state index is -0.127. The first kappa shape index (κ1) is 14.6. The average molecular weight is 299 g/mol. The van der Waals surface area contributed by atoms with Gasteiger partial charge in [-0.1, -0.05) is 29.8 Å². The first-order chi connectivity index (χ1) is 10.7. The van der Waals surface area contributed by atoms with Crippen molar-refractivity contribution in [2.75, 3.05) is 11.9 Å². The molecule has 3 rings (SSSR count). The van der Waals surface area contributed by atoms with E-state index in [4.69, 9.17) is 0 Å². The van der Waals surface area contributed by atoms with E-state index in [1.807, 2.05) is 17.9 Å². The Labute approximate surface area is 130 Å². The van der Waals surface area contributed by atoms with E-state index >= 15 is 0 Å². The Hall–Kier alpha value is -2.37. The van der Waals surface area contributed by atoms with Gasteiger partial charge in [0.15, 0.2) is 0 Å². The maximum absolute atomic E-state index is 12.5. The van der Waals surface area contributed by atoms with Crippen LogP contribution in [0.15, 0.2) is 30.6 Å². The fourth-order valence-electron chi connectivity index (χ4n) is 2.91. The normalized spacial score (nSPS) is 17.7. The van der Waals surface area contributed by atoms with Crippen LogP contribution in [0.1, 0.15) is 36.9 Å². The summed E-state index contributed by atoms with van der Waals surface area (Å²) in [5, 5.41) is 7.00. The number of urea groups is 1. The number of aromatic nitrogens is 3. The third-order valence-electron chi connectivity index (χ3n) is 4.02. The van der Waals surface area contributed by atoms with Crippen LogP contribution in [-0.2, 0) is 6.54 Å². The zero-order valence-corrected chi connectivity index (χ0v) is 13.0. The topological polar surface area (TPSA) is 63.1 Å². The molecule has 0 bridgehead atoms. The summed E-state index contributed by atoms with van der Waals surface area (Å²) in [6, 6.07) is 8.37. The summed E-state index contributed by atoms with van der Waals surface area (Å²) < 4.78 is 1.69. The largest absolute Gasteiger partial charge is 0.324 e. The summed E-state index contributed by atoms with van der Waals surface area (Å²) in [7, 11) is 0. The Bertz CT molecular complexity index is 666. The Morgan fingerprint density at radius 2 is 2.32 bits per heavy atom. The van der Waals surface area contributed by atoms with E-state index in [1.54, 1.807) is 11.0 Å². The molecule has 1 aromatic carbocycles. The Morgan fingerprint density at radius 3 is 3.05 bits per heavy atom. The van der Waals surface area contributed by atoms with Crippen LogP contribution in [0.4, 0.5) is 10.7 Å². The number of aryl methyl sites for hydroxylation is 2. The molecule has 0 aliphatic carbocycles. The molecule has 1 saturated heterocycles. The zero-order chi connectivity index (χ0) is 15.5. The van der Waals surface area contributed by atoms with Crippen molar-refractivity contribution in [3.63, 3.8) is 0 Å². The summed E-state index contributed by atoms with van der Waals surface area (Å²) in [6.07, 6.45) is 3.63. The number of rotatable bonds is 3. The lowest BCUT2D eigenvalue weighted by molar-refractivity contribution is 0.207. The fraction of sp³-hybridized carbons (Fsp3) is 0.438. The quantitative estimate of drug-likeness (QED) is 0.947. The van der Waals surface area contributed by atoms with Gasteiger partial charge < -0.3 is 4.90 Å². The molecule has 0 radical (unpaired) electrons. The van der Waals surface area contributed by atoms with E-state index < -0.39 is 0 Å². The van der Waals surface area contributed by atoms with E-state index in [0.29, 0.717) is 5.95 Å². The lowest BCUT2D eigenvalue weighted by atomic mass is 10.0. The number of hydrogen-bond donors (Lipinski definition) is 1. The van der Waals surface area contributed by atoms with Crippen LogP contribution < -0.4 is 5.32 Å². The van der Waals surface area contributed by atoms with Crippen LogP contribution in [-0.4, -0.2) is 32.2 Å². The number of nitrogens with zero attached hydrogens (tertiary/aromatic N) is 4. The zero-order valence-electron chi connectivity index (χ0n) is 13.0. The molecule has 2 heterocycles. The van der Waals surface area contributed by atoms with Gasteiger partial charge >= 0.3 is 6.03 Å². The van der Waals surface area contributed by atoms with Gasteiger partial charge in [0.2, 0.25) is 5.95 Å². The van der Waals surface area contributed by atoms with Crippen molar-refractivity contribution in [2.45, 2.75) is 39.3 Å². The molecular formula is C16H21N5O. The van der Waals surface area contributed by atoms with Gasteiger partial charge in [-0.15, -0.1) is 5.10 Å². The molecule has 1 fully saturated rings. The molecule has 1 N–H and O–H groups in total. The standard InChI is InChI=1S/C16H21N5O/c1-3-20-11-17-15(19-20)18-16(22)21-9-5-8-14(21)13-7-4-6-12(2)10-13/h4,6-7,10-11,14H,3,5,8-9H2,1-2H3,(H,18,19,22). The highest BCUT2D eigenvalue weighted by molar-refractivity contribution is 5.87. The average Bonchev–Trinajstić information content (AvgIpc) is 3.16. The summed E-state index contributed by atoms with van der Waals surface area (Å²) in [6.45, 7) is 5.55. The number of likely N-dealkylation sites (tertiary alicyclic amines) is 1. The number of carbonyl (C=O) groups excluding carboxylic acids is 1. The highest BCUT2D eigenvalue weighted by atomic mass is 16.2. The minimum absolute atomic E-state index is 0.127. The summed E-state index contributed by atoms with van der Waals surface area (Å²) in [5.41, 5.74) is 2.41. The molecule has 6 heteroatoms. The summed E-state index contributed by atoms with van der Waals surface area (Å²) in [5.74, 6) is 0.363. The second-order valence-corrected chi connectivity index (χ2v) is 5.62. The van der Waals surface area contributed by atoms with Crippen molar-refractivity contribution in [1.82, 2.24) is 19.7 Å². The van der Waals surface area contributed by atoms with E-state index in [9.17, 15) is 4.79 Å². The molecular weight excluding hydrogens is 278 g/mol. The highest BCUT2D eigenvalue weighted by Crippen LogP contribution is 2.32. The number of amides is 2. The van der Waals surface area contributed by atoms with Gasteiger partial charge in [0.05, 0.1) is 6.04 Å². The maximum Gasteiger partial charge on any atom is 0.324 e. The Morgan fingerprint density at radius 1 is 1.45 bits per heavy atom. The predicted octanol–water partition coefficient (Wildman–Crippen LogP) is 2.98. The van der Waals surface area contributed by atoms with Crippen LogP contribution in [0, 0.1) is 6.92 Å². The van der Waals surface area contributed by atoms with Gasteiger partial charge in [-0.2, -0.15) is 0 Å². The number of benzene rings is 1. The minimum Gasteiger partial charge on any atom is -0.317 e. The van der Waals surface area contributed by atoms with Crippen molar-refractivity contribution in [3.8, 4) is 0 Å². The van der Waals surface area contributed by atoms with Crippen LogP contribution in [0.25, 0.3) is 0 Å². The molecule has 1 unspecified atom stereocenters. The van der Waals surface area contributed by atoms with Gasteiger partial charge in [0.25, 0.3) is 0 Å². The fourth-order valence-corrected chi connectivity index (χ4v) is 2.91. The molecule has 22 heavy (non-hydrogen) atoms. The molecule has 1 aliphatic heterocycles. The molecule has 1 aromatic heterocycles. The smallest absolute Gasteiger partial charge is 0.317 e. The van der Waals surface area contributed by atoms with Gasteiger partial charge in [-0.25, -0.2) is 9.78 Å². The van der Waals surface area contributed by atoms with Gasteiger partial charge in [0.1, 0.15) is 6.33 Å². The molecule has 116 valence electrons. The number of hydrogen-bond acceptors (Lipinski definition) is 3. The van der Waals surface area contributed by atoms with Crippen LogP contribution >= 0.6 is 0 Å². The van der Waals surface area contributed by atoms with Crippen molar-refractivity contribution >= 4 is 12.0 Å². The number of anilines is 1. The van der Waals surface area contributed by atoms with E-state index in [-0.39, 0.29) is 12.1 Å². The first-order valence-corrected chi connectivity index (χ1v) is 7.71. The molecule has 0 spiro atoms. The molecule has 1 aliphatic rings. The van der Waals surface area contributed by atoms with Crippen molar-refractivity contribution in [2.24, 2.45) is 0 Å². The third kappa shape index (κ3) is 2.95. The summed E-state index contributed by atoms with van der Waals surface area (Å²) in [4.78, 5) is 18.5. The lowest BCUT2D eigenvalue weighted by Crippen LogP contribution is -2.34. The first-order valence-electron chi connectivity index (χ1n) is 7.71. The second kappa shape index (κ2) is 6.17. The summed E-state index contributed by atoms with van der Waals surface area (Å²) >= 11 is 0. The number of nitrogens with one attached hydrogen (secondary N) is 1. The lowest BCUT2D eigenvalue weighted by Gasteiger charge is -2.25. The Balaban J connectivity index is 1.73. The van der Waals surface area contributed by atoms with E-state index in [0.717, 1.165) is 25.9 Å². The predicted molar refractivity (Wildman–Crippen MR) is 84.6 cm³/mol. The molecule has 6 nitrogen and oxygen atoms in total. The highest BCUT2D eigenvalue weighted by Gasteiger charge is 2.30. The maximum atomic E-state index is 12.5. The number of carbonyl (C=O) groups is 1. The van der Waals surface area contributed by atoms with Crippen LogP contribution in [0.3, 0.4) is 0 Å². The Kier molecular flexibility index (Phi) is 4.09. The monoisotopic (exact) mass is 299 g/mol. The van der Waals surface area contributed by atoms with Crippen LogP contribution in [0.2, 0.25) is 0 Å². The molecule has 2 amide bonds. The third-order valence-corrected chi connectivity index (χ3v) is 4.02. The van der Waals surface area contributed by atoms with E-state index in [1.165, 1.54) is 11.1 Å². The second-order valence-electron chi connectivity index (χ2n) is 5.62. The molecule has 1 atom stereocenters. The van der Waals surface area contributed by atoms with Gasteiger partial charge in [-0.3, -0.25) is 10.00 Å². The van der Waals surface area contributed by atoms with E-state index in [2.05, 4.69) is 40.5 Å². The van der Waals surface area contributed by atoms with Crippen LogP contribution in [0.5, 0.6) is 0 Å². The molecule has 0 saturated carbocycles. The van der Waals surface area contributed by atoms with Gasteiger partial charge in [-0.05, 0) is 32.3 Å². The van der Waals surface area contributed by atoms with Gasteiger partial charge in [0, 0.05) is 13.1 Å². The van der Waals surface area contributed by atoms with Crippen molar-refractivity contribution in [3.05, 3.63) is 41.7 Å². The SMILES string of the molecule is CCn1cnc(NC(=O)N2CCCC2c2cccc(C)c2)n1.